The van der Waals surface area contributed by atoms with Gasteiger partial charge in [-0.2, -0.15) is 0 Å². The summed E-state index contributed by atoms with van der Waals surface area (Å²) in [7, 11) is 1.73. The summed E-state index contributed by atoms with van der Waals surface area (Å²) in [6.07, 6.45) is 1.50. The normalized spacial score (nSPS) is 10.5. The molecule has 0 fully saturated rings. The number of rotatable bonds is 4. The summed E-state index contributed by atoms with van der Waals surface area (Å²) in [4.78, 5) is 16.3. The number of hydrogen-bond donors (Lipinski definition) is 2. The van der Waals surface area contributed by atoms with Gasteiger partial charge in [-0.15, -0.1) is 0 Å². The molecule has 1 aromatic carbocycles. The zero-order valence-electron chi connectivity index (χ0n) is 12.3. The smallest absolute Gasteiger partial charge is 0.257 e. The van der Waals surface area contributed by atoms with Crippen molar-refractivity contribution in [2.45, 2.75) is 19.8 Å². The molecule has 1 heterocycles. The number of pyridine rings is 1. The molecular weight excluding hydrogens is 286 g/mol. The largest absolute Gasteiger partial charge is 0.372 e. The lowest BCUT2D eigenvalue weighted by Crippen LogP contribution is -2.13. The number of carbonyl (C=O) groups excluding carboxylic acids is 1. The fraction of sp³-hybridized carbons (Fsp3) is 0.250. The van der Waals surface area contributed by atoms with E-state index in [-0.39, 0.29) is 5.91 Å². The zero-order valence-corrected chi connectivity index (χ0v) is 13.0. The minimum Gasteiger partial charge on any atom is -0.372 e. The van der Waals surface area contributed by atoms with Gasteiger partial charge in [0.1, 0.15) is 5.82 Å². The highest BCUT2D eigenvalue weighted by atomic mass is 35.5. The Bertz CT molecular complexity index is 656. The van der Waals surface area contributed by atoms with Crippen LogP contribution in [0.4, 0.5) is 11.5 Å². The first-order valence-corrected chi connectivity index (χ1v) is 7.13. The standard InChI is InChI=1S/C16H18ClN3O/c1-10(2)11-5-4-6-13(7-11)20-16(21)12-8-14(17)15(18-3)19-9-12/h4-10H,1-3H3,(H,18,19)(H,20,21). The fourth-order valence-corrected chi connectivity index (χ4v) is 2.19. The van der Waals surface area contributed by atoms with Crippen molar-refractivity contribution < 1.29 is 4.79 Å². The third-order valence-electron chi connectivity index (χ3n) is 3.15. The van der Waals surface area contributed by atoms with Gasteiger partial charge in [-0.25, -0.2) is 4.98 Å². The highest BCUT2D eigenvalue weighted by Crippen LogP contribution is 2.21. The Morgan fingerprint density at radius 1 is 1.29 bits per heavy atom. The predicted octanol–water partition coefficient (Wildman–Crippen LogP) is 4.15. The molecule has 0 bridgehead atoms. The van der Waals surface area contributed by atoms with Gasteiger partial charge in [0, 0.05) is 18.9 Å². The van der Waals surface area contributed by atoms with E-state index in [0.717, 1.165) is 5.69 Å². The van der Waals surface area contributed by atoms with Crippen LogP contribution in [0, 0.1) is 0 Å². The van der Waals surface area contributed by atoms with Crippen LogP contribution in [0.3, 0.4) is 0 Å². The van der Waals surface area contributed by atoms with Crippen LogP contribution in [-0.2, 0) is 0 Å². The second-order valence-electron chi connectivity index (χ2n) is 5.04. The summed E-state index contributed by atoms with van der Waals surface area (Å²) >= 11 is 6.04. The molecule has 0 atom stereocenters. The maximum Gasteiger partial charge on any atom is 0.257 e. The molecule has 21 heavy (non-hydrogen) atoms. The van der Waals surface area contributed by atoms with Crippen molar-refractivity contribution in [1.82, 2.24) is 4.98 Å². The minimum absolute atomic E-state index is 0.229. The summed E-state index contributed by atoms with van der Waals surface area (Å²) in [6.45, 7) is 4.22. The van der Waals surface area contributed by atoms with Gasteiger partial charge < -0.3 is 10.6 Å². The average Bonchev–Trinajstić information content (AvgIpc) is 2.47. The van der Waals surface area contributed by atoms with Crippen molar-refractivity contribution in [2.75, 3.05) is 17.7 Å². The SMILES string of the molecule is CNc1ncc(C(=O)Nc2cccc(C(C)C)c2)cc1Cl. The maximum absolute atomic E-state index is 12.2. The van der Waals surface area contributed by atoms with E-state index in [4.69, 9.17) is 11.6 Å². The van der Waals surface area contributed by atoms with Crippen LogP contribution in [0.1, 0.15) is 35.7 Å². The topological polar surface area (TPSA) is 54.0 Å². The molecule has 0 unspecified atom stereocenters. The van der Waals surface area contributed by atoms with E-state index in [1.807, 2.05) is 24.3 Å². The number of anilines is 2. The molecule has 0 aliphatic heterocycles. The molecule has 1 amide bonds. The molecule has 0 radical (unpaired) electrons. The van der Waals surface area contributed by atoms with E-state index >= 15 is 0 Å². The summed E-state index contributed by atoms with van der Waals surface area (Å²) in [5.74, 6) is 0.732. The van der Waals surface area contributed by atoms with Crippen LogP contribution in [-0.4, -0.2) is 17.9 Å². The van der Waals surface area contributed by atoms with Crippen molar-refractivity contribution in [3.05, 3.63) is 52.7 Å². The number of amides is 1. The first-order valence-electron chi connectivity index (χ1n) is 6.76. The fourth-order valence-electron chi connectivity index (χ4n) is 1.92. The Kier molecular flexibility index (Phi) is 4.81. The Balaban J connectivity index is 2.18. The molecular formula is C16H18ClN3O. The number of carbonyl (C=O) groups is 1. The van der Waals surface area contributed by atoms with Crippen molar-refractivity contribution in [1.29, 1.82) is 0 Å². The molecule has 5 heteroatoms. The summed E-state index contributed by atoms with van der Waals surface area (Å²) in [5, 5.41) is 6.13. The Morgan fingerprint density at radius 3 is 2.67 bits per heavy atom. The monoisotopic (exact) mass is 303 g/mol. The third kappa shape index (κ3) is 3.73. The number of hydrogen-bond acceptors (Lipinski definition) is 3. The lowest BCUT2D eigenvalue weighted by atomic mass is 10.0. The Morgan fingerprint density at radius 2 is 2.05 bits per heavy atom. The van der Waals surface area contributed by atoms with Crippen molar-refractivity contribution >= 4 is 29.0 Å². The molecule has 0 aliphatic rings. The number of aromatic nitrogens is 1. The summed E-state index contributed by atoms with van der Waals surface area (Å²) in [5.41, 5.74) is 2.36. The summed E-state index contributed by atoms with van der Waals surface area (Å²) < 4.78 is 0. The lowest BCUT2D eigenvalue weighted by molar-refractivity contribution is 0.102. The number of halogens is 1. The highest BCUT2D eigenvalue weighted by Gasteiger charge is 2.10. The molecule has 4 nitrogen and oxygen atoms in total. The average molecular weight is 304 g/mol. The Hall–Kier alpha value is -2.07. The third-order valence-corrected chi connectivity index (χ3v) is 3.44. The van der Waals surface area contributed by atoms with E-state index in [1.165, 1.54) is 11.8 Å². The molecule has 2 N–H and O–H groups in total. The molecule has 110 valence electrons. The van der Waals surface area contributed by atoms with Crippen LogP contribution >= 0.6 is 11.6 Å². The first kappa shape index (κ1) is 15.3. The molecule has 0 aliphatic carbocycles. The van der Waals surface area contributed by atoms with Crippen molar-refractivity contribution in [3.63, 3.8) is 0 Å². The number of nitrogens with one attached hydrogen (secondary N) is 2. The van der Waals surface area contributed by atoms with E-state index in [2.05, 4.69) is 29.5 Å². The van der Waals surface area contributed by atoms with Gasteiger partial charge in [0.2, 0.25) is 0 Å². The second kappa shape index (κ2) is 6.59. The Labute approximate surface area is 129 Å². The van der Waals surface area contributed by atoms with Crippen LogP contribution < -0.4 is 10.6 Å². The van der Waals surface area contributed by atoms with Crippen molar-refractivity contribution in [2.24, 2.45) is 0 Å². The van der Waals surface area contributed by atoms with E-state index in [9.17, 15) is 4.79 Å². The molecule has 2 aromatic rings. The van der Waals surface area contributed by atoms with Crippen LogP contribution in [0.25, 0.3) is 0 Å². The van der Waals surface area contributed by atoms with E-state index < -0.39 is 0 Å². The number of benzene rings is 1. The number of nitrogens with zero attached hydrogens (tertiary/aromatic N) is 1. The van der Waals surface area contributed by atoms with E-state index in [1.54, 1.807) is 13.1 Å². The van der Waals surface area contributed by atoms with Crippen LogP contribution in [0.15, 0.2) is 36.5 Å². The van der Waals surface area contributed by atoms with Crippen molar-refractivity contribution in [3.8, 4) is 0 Å². The van der Waals surface area contributed by atoms with Gasteiger partial charge >= 0.3 is 0 Å². The highest BCUT2D eigenvalue weighted by molar-refractivity contribution is 6.33. The molecule has 0 spiro atoms. The van der Waals surface area contributed by atoms with Gasteiger partial charge in [0.25, 0.3) is 5.91 Å². The van der Waals surface area contributed by atoms with Gasteiger partial charge in [-0.1, -0.05) is 37.6 Å². The van der Waals surface area contributed by atoms with Gasteiger partial charge in [-0.05, 0) is 29.7 Å². The van der Waals surface area contributed by atoms with Gasteiger partial charge in [-0.3, -0.25) is 4.79 Å². The molecule has 2 rings (SSSR count). The minimum atomic E-state index is -0.229. The predicted molar refractivity (Wildman–Crippen MR) is 87.3 cm³/mol. The quantitative estimate of drug-likeness (QED) is 0.892. The van der Waals surface area contributed by atoms with Crippen LogP contribution in [0.2, 0.25) is 5.02 Å². The van der Waals surface area contributed by atoms with Gasteiger partial charge in [0.05, 0.1) is 10.6 Å². The second-order valence-corrected chi connectivity index (χ2v) is 5.45. The molecule has 0 saturated carbocycles. The zero-order chi connectivity index (χ0) is 15.4. The molecule has 0 saturated heterocycles. The van der Waals surface area contributed by atoms with Crippen LogP contribution in [0.5, 0.6) is 0 Å². The summed E-state index contributed by atoms with van der Waals surface area (Å²) in [6, 6.07) is 9.41. The maximum atomic E-state index is 12.2. The lowest BCUT2D eigenvalue weighted by Gasteiger charge is -2.10. The van der Waals surface area contributed by atoms with E-state index in [0.29, 0.717) is 22.3 Å². The first-order chi connectivity index (χ1) is 10.0. The molecule has 1 aromatic heterocycles. The van der Waals surface area contributed by atoms with Gasteiger partial charge in [0.15, 0.2) is 0 Å².